The molecule has 0 unspecified atom stereocenters. The molecule has 0 atom stereocenters. The van der Waals surface area contributed by atoms with Crippen molar-refractivity contribution >= 4 is 34.9 Å². The van der Waals surface area contributed by atoms with Crippen molar-refractivity contribution in [3.63, 3.8) is 0 Å². The standard InChI is InChI=1S/C21H19N3OS/c1-25-20-14-12-18(13-15-20)23-21(26)24(19-10-6-3-7-11-19)22-16-17-8-4-2-5-9-17/h2-16H,1H3,(H,23,26)/b22-16+. The smallest absolute Gasteiger partial charge is 0.198 e. The van der Waals surface area contributed by atoms with Gasteiger partial charge in [-0.05, 0) is 54.2 Å². The van der Waals surface area contributed by atoms with E-state index in [2.05, 4.69) is 10.4 Å². The molecule has 5 heteroatoms. The van der Waals surface area contributed by atoms with Crippen molar-refractivity contribution in [3.8, 4) is 5.75 Å². The van der Waals surface area contributed by atoms with Gasteiger partial charge in [-0.3, -0.25) is 0 Å². The minimum atomic E-state index is 0.480. The Morgan fingerprint density at radius 2 is 1.54 bits per heavy atom. The fraction of sp³-hybridized carbons (Fsp3) is 0.0476. The molecule has 0 aliphatic rings. The van der Waals surface area contributed by atoms with Gasteiger partial charge in [0.05, 0.1) is 19.0 Å². The van der Waals surface area contributed by atoms with Crippen LogP contribution in [0.1, 0.15) is 5.56 Å². The Morgan fingerprint density at radius 3 is 2.15 bits per heavy atom. The topological polar surface area (TPSA) is 36.9 Å². The average molecular weight is 361 g/mol. The number of hydrogen-bond donors (Lipinski definition) is 1. The molecule has 0 saturated carbocycles. The van der Waals surface area contributed by atoms with Crippen LogP contribution in [0.3, 0.4) is 0 Å². The first-order chi connectivity index (χ1) is 12.8. The van der Waals surface area contributed by atoms with E-state index in [4.69, 9.17) is 17.0 Å². The Bertz CT molecular complexity index is 865. The summed E-state index contributed by atoms with van der Waals surface area (Å²) < 4.78 is 5.18. The number of rotatable bonds is 5. The molecule has 0 spiro atoms. The first-order valence-corrected chi connectivity index (χ1v) is 8.56. The molecule has 0 aliphatic heterocycles. The third-order valence-corrected chi connectivity index (χ3v) is 3.93. The van der Waals surface area contributed by atoms with E-state index < -0.39 is 0 Å². The predicted octanol–water partition coefficient (Wildman–Crippen LogP) is 4.93. The lowest BCUT2D eigenvalue weighted by Crippen LogP contribution is -2.30. The fourth-order valence-corrected chi connectivity index (χ4v) is 2.59. The maximum Gasteiger partial charge on any atom is 0.198 e. The number of thiocarbonyl (C=S) groups is 1. The van der Waals surface area contributed by atoms with Gasteiger partial charge in [-0.2, -0.15) is 5.10 Å². The molecule has 0 radical (unpaired) electrons. The van der Waals surface area contributed by atoms with Crippen LogP contribution < -0.4 is 15.1 Å². The van der Waals surface area contributed by atoms with Crippen LogP contribution in [0.4, 0.5) is 11.4 Å². The second-order valence-corrected chi connectivity index (χ2v) is 5.85. The van der Waals surface area contributed by atoms with E-state index in [1.54, 1.807) is 18.3 Å². The lowest BCUT2D eigenvalue weighted by Gasteiger charge is -2.21. The van der Waals surface area contributed by atoms with Crippen LogP contribution in [-0.2, 0) is 0 Å². The summed E-state index contributed by atoms with van der Waals surface area (Å²) in [5, 5.41) is 9.97. The molecular formula is C21H19N3OS. The molecule has 3 rings (SSSR count). The molecule has 0 saturated heterocycles. The van der Waals surface area contributed by atoms with Gasteiger partial charge in [-0.15, -0.1) is 0 Å². The SMILES string of the molecule is COc1ccc(NC(=S)N(/N=C/c2ccccc2)c2ccccc2)cc1. The lowest BCUT2D eigenvalue weighted by atomic mass is 10.2. The Labute approximate surface area is 158 Å². The van der Waals surface area contributed by atoms with E-state index in [0.29, 0.717) is 5.11 Å². The Kier molecular flexibility index (Phi) is 5.96. The zero-order valence-corrected chi connectivity index (χ0v) is 15.2. The molecule has 1 N–H and O–H groups in total. The minimum Gasteiger partial charge on any atom is -0.497 e. The largest absolute Gasteiger partial charge is 0.497 e. The van der Waals surface area contributed by atoms with Gasteiger partial charge >= 0.3 is 0 Å². The number of para-hydroxylation sites is 1. The van der Waals surface area contributed by atoms with Crippen molar-refractivity contribution in [1.29, 1.82) is 0 Å². The second-order valence-electron chi connectivity index (χ2n) is 5.46. The molecule has 0 aromatic heterocycles. The summed E-state index contributed by atoms with van der Waals surface area (Å²) in [5.41, 5.74) is 2.75. The Hall–Kier alpha value is -3.18. The monoisotopic (exact) mass is 361 g/mol. The zero-order valence-electron chi connectivity index (χ0n) is 14.4. The number of ether oxygens (including phenoxy) is 1. The fourth-order valence-electron chi connectivity index (χ4n) is 2.32. The minimum absolute atomic E-state index is 0.480. The van der Waals surface area contributed by atoms with Crippen molar-refractivity contribution in [2.45, 2.75) is 0 Å². The number of benzene rings is 3. The number of methoxy groups -OCH3 is 1. The summed E-state index contributed by atoms with van der Waals surface area (Å²) in [6.45, 7) is 0. The highest BCUT2D eigenvalue weighted by Crippen LogP contribution is 2.19. The quantitative estimate of drug-likeness (QED) is 0.397. The molecule has 0 fully saturated rings. The summed E-state index contributed by atoms with van der Waals surface area (Å²) in [5.74, 6) is 0.795. The van der Waals surface area contributed by atoms with Gasteiger partial charge < -0.3 is 10.1 Å². The molecule has 130 valence electrons. The molecule has 0 amide bonds. The van der Waals surface area contributed by atoms with Gasteiger partial charge in [-0.25, -0.2) is 5.01 Å². The van der Waals surface area contributed by atoms with E-state index in [9.17, 15) is 0 Å². The van der Waals surface area contributed by atoms with Crippen LogP contribution in [0.5, 0.6) is 5.75 Å². The number of nitrogens with one attached hydrogen (secondary N) is 1. The summed E-state index contributed by atoms with van der Waals surface area (Å²) in [6, 6.07) is 27.3. The first-order valence-electron chi connectivity index (χ1n) is 8.15. The van der Waals surface area contributed by atoms with E-state index >= 15 is 0 Å². The summed E-state index contributed by atoms with van der Waals surface area (Å²) in [7, 11) is 1.64. The molecule has 26 heavy (non-hydrogen) atoms. The van der Waals surface area contributed by atoms with Crippen LogP contribution in [0, 0.1) is 0 Å². The average Bonchev–Trinajstić information content (AvgIpc) is 2.70. The number of nitrogens with zero attached hydrogens (tertiary/aromatic N) is 2. The van der Waals surface area contributed by atoms with Crippen LogP contribution in [0.15, 0.2) is 90.0 Å². The highest BCUT2D eigenvalue weighted by Gasteiger charge is 2.11. The lowest BCUT2D eigenvalue weighted by molar-refractivity contribution is 0.415. The number of hydrogen-bond acceptors (Lipinski definition) is 3. The number of anilines is 2. The molecule has 0 heterocycles. The normalized spacial score (nSPS) is 10.5. The first kappa shape index (κ1) is 17.6. The van der Waals surface area contributed by atoms with Crippen LogP contribution in [0.2, 0.25) is 0 Å². The molecular weight excluding hydrogens is 342 g/mol. The third kappa shape index (κ3) is 4.68. The van der Waals surface area contributed by atoms with Crippen molar-refractivity contribution in [1.82, 2.24) is 0 Å². The highest BCUT2D eigenvalue weighted by molar-refractivity contribution is 7.80. The van der Waals surface area contributed by atoms with Crippen molar-refractivity contribution in [2.24, 2.45) is 5.10 Å². The maximum atomic E-state index is 5.59. The second kappa shape index (κ2) is 8.78. The maximum absolute atomic E-state index is 5.59. The van der Waals surface area contributed by atoms with E-state index in [-0.39, 0.29) is 0 Å². The summed E-state index contributed by atoms with van der Waals surface area (Å²) >= 11 is 5.59. The van der Waals surface area contributed by atoms with Gasteiger partial charge in [-0.1, -0.05) is 48.5 Å². The van der Waals surface area contributed by atoms with Gasteiger partial charge in [0.2, 0.25) is 0 Å². The molecule has 0 aliphatic carbocycles. The van der Waals surface area contributed by atoms with E-state index in [1.165, 1.54) is 0 Å². The van der Waals surface area contributed by atoms with Gasteiger partial charge in [0.15, 0.2) is 5.11 Å². The molecule has 4 nitrogen and oxygen atoms in total. The zero-order chi connectivity index (χ0) is 18.2. The molecule has 3 aromatic carbocycles. The van der Waals surface area contributed by atoms with Gasteiger partial charge in [0, 0.05) is 5.69 Å². The third-order valence-electron chi connectivity index (χ3n) is 3.66. The Balaban J connectivity index is 1.82. The van der Waals surface area contributed by atoms with Gasteiger partial charge in [0.25, 0.3) is 0 Å². The van der Waals surface area contributed by atoms with Crippen LogP contribution >= 0.6 is 12.2 Å². The van der Waals surface area contributed by atoms with Crippen molar-refractivity contribution < 1.29 is 4.74 Å². The Morgan fingerprint density at radius 1 is 0.923 bits per heavy atom. The van der Waals surface area contributed by atoms with E-state index in [0.717, 1.165) is 22.7 Å². The summed E-state index contributed by atoms with van der Waals surface area (Å²) in [6.07, 6.45) is 1.79. The predicted molar refractivity (Wildman–Crippen MR) is 112 cm³/mol. The van der Waals surface area contributed by atoms with Gasteiger partial charge in [0.1, 0.15) is 5.75 Å². The molecule has 0 bridgehead atoms. The highest BCUT2D eigenvalue weighted by atomic mass is 32.1. The van der Waals surface area contributed by atoms with E-state index in [1.807, 2.05) is 84.9 Å². The van der Waals surface area contributed by atoms with Crippen molar-refractivity contribution in [2.75, 3.05) is 17.4 Å². The number of hydrazone groups is 1. The molecule has 3 aromatic rings. The van der Waals surface area contributed by atoms with Crippen LogP contribution in [-0.4, -0.2) is 18.4 Å². The van der Waals surface area contributed by atoms with Crippen LogP contribution in [0.25, 0.3) is 0 Å². The van der Waals surface area contributed by atoms with Crippen molar-refractivity contribution in [3.05, 3.63) is 90.5 Å². The summed E-state index contributed by atoms with van der Waals surface area (Å²) in [4.78, 5) is 0.